The average Bonchev–Trinajstić information content (AvgIpc) is 2.94. The average molecular weight is 315 g/mol. The van der Waals surface area contributed by atoms with E-state index in [4.69, 9.17) is 4.74 Å². The van der Waals surface area contributed by atoms with Crippen molar-refractivity contribution in [2.24, 2.45) is 0 Å². The highest BCUT2D eigenvalue weighted by molar-refractivity contribution is 5.87. The summed E-state index contributed by atoms with van der Waals surface area (Å²) in [4.78, 5) is 29.2. The standard InChI is InChI=1S/C17H21N3O3/c1-2-23-16(21)9-15-17(22)18-7-8-20(15)11-12-10-19-14-6-4-3-5-13(12)14/h3-6,10,15,19H,2,7-9,11H2,1H3,(H,18,22). The van der Waals surface area contributed by atoms with Gasteiger partial charge < -0.3 is 15.0 Å². The number of aromatic amines is 1. The van der Waals surface area contributed by atoms with Gasteiger partial charge in [-0.15, -0.1) is 0 Å². The third kappa shape index (κ3) is 3.37. The van der Waals surface area contributed by atoms with Crippen LogP contribution in [0.1, 0.15) is 18.9 Å². The van der Waals surface area contributed by atoms with Gasteiger partial charge >= 0.3 is 5.97 Å². The van der Waals surface area contributed by atoms with Crippen molar-refractivity contribution in [3.8, 4) is 0 Å². The molecular formula is C17H21N3O3. The highest BCUT2D eigenvalue weighted by Crippen LogP contribution is 2.21. The number of aromatic nitrogens is 1. The van der Waals surface area contributed by atoms with E-state index in [9.17, 15) is 9.59 Å². The summed E-state index contributed by atoms with van der Waals surface area (Å²) in [6, 6.07) is 7.60. The fraction of sp³-hybridized carbons (Fsp3) is 0.412. The van der Waals surface area contributed by atoms with E-state index in [1.807, 2.05) is 29.3 Å². The zero-order valence-electron chi connectivity index (χ0n) is 13.2. The van der Waals surface area contributed by atoms with Crippen molar-refractivity contribution in [3.63, 3.8) is 0 Å². The molecule has 1 atom stereocenters. The van der Waals surface area contributed by atoms with Crippen LogP contribution >= 0.6 is 0 Å². The minimum Gasteiger partial charge on any atom is -0.466 e. The number of H-pyrrole nitrogens is 1. The number of hydrogen-bond acceptors (Lipinski definition) is 4. The molecule has 0 spiro atoms. The predicted octanol–water partition coefficient (Wildman–Crippen LogP) is 1.42. The lowest BCUT2D eigenvalue weighted by Gasteiger charge is -2.34. The molecule has 122 valence electrons. The monoisotopic (exact) mass is 315 g/mol. The van der Waals surface area contributed by atoms with Gasteiger partial charge in [-0.25, -0.2) is 0 Å². The van der Waals surface area contributed by atoms with Crippen molar-refractivity contribution in [1.29, 1.82) is 0 Å². The zero-order valence-corrected chi connectivity index (χ0v) is 13.2. The highest BCUT2D eigenvalue weighted by atomic mass is 16.5. The van der Waals surface area contributed by atoms with Gasteiger partial charge in [-0.2, -0.15) is 0 Å². The maximum Gasteiger partial charge on any atom is 0.307 e. The molecule has 2 aromatic rings. The number of esters is 1. The first kappa shape index (κ1) is 15.6. The Balaban J connectivity index is 1.78. The number of para-hydroxylation sites is 1. The van der Waals surface area contributed by atoms with Crippen LogP contribution in [0.4, 0.5) is 0 Å². The highest BCUT2D eigenvalue weighted by Gasteiger charge is 2.32. The molecule has 0 aliphatic carbocycles. The Morgan fingerprint density at radius 3 is 3.04 bits per heavy atom. The van der Waals surface area contributed by atoms with E-state index in [1.165, 1.54) is 0 Å². The van der Waals surface area contributed by atoms with Gasteiger partial charge in [-0.05, 0) is 18.6 Å². The van der Waals surface area contributed by atoms with Crippen molar-refractivity contribution in [1.82, 2.24) is 15.2 Å². The van der Waals surface area contributed by atoms with Gasteiger partial charge in [0.25, 0.3) is 0 Å². The first-order chi connectivity index (χ1) is 11.2. The maximum absolute atomic E-state index is 12.2. The molecule has 1 fully saturated rings. The van der Waals surface area contributed by atoms with Gasteiger partial charge in [-0.3, -0.25) is 14.5 Å². The molecule has 6 nitrogen and oxygen atoms in total. The fourth-order valence-electron chi connectivity index (χ4n) is 3.03. The lowest BCUT2D eigenvalue weighted by atomic mass is 10.1. The Labute approximate surface area is 134 Å². The summed E-state index contributed by atoms with van der Waals surface area (Å²) in [5, 5.41) is 3.98. The SMILES string of the molecule is CCOC(=O)CC1C(=O)NCCN1Cc1c[nH]c2ccccc12. The zero-order chi connectivity index (χ0) is 16.2. The number of nitrogens with zero attached hydrogens (tertiary/aromatic N) is 1. The number of fused-ring (bicyclic) bond motifs is 1. The summed E-state index contributed by atoms with van der Waals surface area (Å²) < 4.78 is 4.99. The second kappa shape index (κ2) is 6.83. The molecule has 1 amide bonds. The number of ether oxygens (including phenoxy) is 1. The smallest absolute Gasteiger partial charge is 0.307 e. The quantitative estimate of drug-likeness (QED) is 0.819. The van der Waals surface area contributed by atoms with Crippen molar-refractivity contribution >= 4 is 22.8 Å². The van der Waals surface area contributed by atoms with Crippen molar-refractivity contribution < 1.29 is 14.3 Å². The van der Waals surface area contributed by atoms with E-state index in [0.29, 0.717) is 19.7 Å². The van der Waals surface area contributed by atoms with E-state index in [1.54, 1.807) is 6.92 Å². The second-order valence-electron chi connectivity index (χ2n) is 5.65. The number of hydrogen-bond donors (Lipinski definition) is 2. The topological polar surface area (TPSA) is 74.4 Å². The maximum atomic E-state index is 12.2. The molecule has 6 heteroatoms. The molecule has 23 heavy (non-hydrogen) atoms. The summed E-state index contributed by atoms with van der Waals surface area (Å²) in [7, 11) is 0. The van der Waals surface area contributed by atoms with Crippen LogP contribution in [0.2, 0.25) is 0 Å². The van der Waals surface area contributed by atoms with Crippen molar-refractivity contribution in [2.75, 3.05) is 19.7 Å². The number of carbonyl (C=O) groups is 2. The van der Waals surface area contributed by atoms with Crippen LogP contribution in [0.3, 0.4) is 0 Å². The molecule has 1 unspecified atom stereocenters. The van der Waals surface area contributed by atoms with Gasteiger partial charge in [0.15, 0.2) is 0 Å². The van der Waals surface area contributed by atoms with Crippen molar-refractivity contribution in [2.45, 2.75) is 25.9 Å². The summed E-state index contributed by atoms with van der Waals surface area (Å²) in [5.41, 5.74) is 2.20. The third-order valence-corrected chi connectivity index (χ3v) is 4.16. The predicted molar refractivity (Wildman–Crippen MR) is 86.8 cm³/mol. The van der Waals surface area contributed by atoms with Crippen LogP contribution < -0.4 is 5.32 Å². The minimum absolute atomic E-state index is 0.0853. The summed E-state index contributed by atoms with van der Waals surface area (Å²) in [5.74, 6) is -0.442. The number of carbonyl (C=O) groups excluding carboxylic acids is 2. The van der Waals surface area contributed by atoms with Crippen LogP contribution in [0.15, 0.2) is 30.5 Å². The summed E-state index contributed by atoms with van der Waals surface area (Å²) in [6.07, 6.45) is 2.06. The molecule has 0 bridgehead atoms. The molecule has 3 rings (SSSR count). The Morgan fingerprint density at radius 2 is 2.22 bits per heavy atom. The number of benzene rings is 1. The van der Waals surface area contributed by atoms with Gasteiger partial charge in [0.05, 0.1) is 13.0 Å². The fourth-order valence-corrected chi connectivity index (χ4v) is 3.03. The molecule has 0 radical (unpaired) electrons. The lowest BCUT2D eigenvalue weighted by Crippen LogP contribution is -2.55. The van der Waals surface area contributed by atoms with Gasteiger partial charge in [-0.1, -0.05) is 18.2 Å². The van der Waals surface area contributed by atoms with E-state index in [2.05, 4.69) is 16.4 Å². The number of piperazine rings is 1. The largest absolute Gasteiger partial charge is 0.466 e. The Kier molecular flexibility index (Phi) is 4.62. The van der Waals surface area contributed by atoms with Gasteiger partial charge in [0.1, 0.15) is 6.04 Å². The van der Waals surface area contributed by atoms with E-state index >= 15 is 0 Å². The summed E-state index contributed by atoms with van der Waals surface area (Å²) >= 11 is 0. The van der Waals surface area contributed by atoms with Crippen LogP contribution in [-0.2, 0) is 20.9 Å². The van der Waals surface area contributed by atoms with Crippen LogP contribution in [0.5, 0.6) is 0 Å². The molecular weight excluding hydrogens is 294 g/mol. The number of nitrogens with one attached hydrogen (secondary N) is 2. The molecule has 0 saturated carbocycles. The van der Waals surface area contributed by atoms with E-state index in [-0.39, 0.29) is 18.3 Å². The molecule has 1 aliphatic heterocycles. The molecule has 1 aromatic heterocycles. The minimum atomic E-state index is -0.475. The molecule has 1 aliphatic rings. The first-order valence-corrected chi connectivity index (χ1v) is 7.91. The van der Waals surface area contributed by atoms with Crippen molar-refractivity contribution in [3.05, 3.63) is 36.0 Å². The Hall–Kier alpha value is -2.34. The van der Waals surface area contributed by atoms with Crippen LogP contribution in [0.25, 0.3) is 10.9 Å². The normalized spacial score (nSPS) is 18.8. The molecule has 2 N–H and O–H groups in total. The van der Waals surface area contributed by atoms with E-state index < -0.39 is 6.04 Å². The number of amides is 1. The van der Waals surface area contributed by atoms with Gasteiger partial charge in [0, 0.05) is 36.7 Å². The van der Waals surface area contributed by atoms with E-state index in [0.717, 1.165) is 23.0 Å². The second-order valence-corrected chi connectivity index (χ2v) is 5.65. The first-order valence-electron chi connectivity index (χ1n) is 7.91. The third-order valence-electron chi connectivity index (χ3n) is 4.16. The molecule has 2 heterocycles. The van der Waals surface area contributed by atoms with Crippen LogP contribution in [-0.4, -0.2) is 47.5 Å². The molecule has 1 aromatic carbocycles. The summed E-state index contributed by atoms with van der Waals surface area (Å²) in [6.45, 7) is 4.04. The Morgan fingerprint density at radius 1 is 1.39 bits per heavy atom. The van der Waals surface area contributed by atoms with Crippen LogP contribution in [0, 0.1) is 0 Å². The number of rotatable bonds is 5. The molecule has 1 saturated heterocycles. The lowest BCUT2D eigenvalue weighted by molar-refractivity contribution is -0.148. The van der Waals surface area contributed by atoms with Gasteiger partial charge in [0.2, 0.25) is 5.91 Å². The Bertz CT molecular complexity index is 710.